The fourth-order valence-corrected chi connectivity index (χ4v) is 10.5. The van der Waals surface area contributed by atoms with E-state index in [4.69, 9.17) is 4.74 Å². The number of rotatable bonds is 5. The maximum atomic E-state index is 14.6. The van der Waals surface area contributed by atoms with Crippen LogP contribution in [0.5, 0.6) is 0 Å². The first-order chi connectivity index (χ1) is 20.4. The molecule has 0 aliphatic heterocycles. The molecule has 10 nitrogen and oxygen atoms in total. The van der Waals surface area contributed by atoms with Gasteiger partial charge >= 0.3 is 0 Å². The van der Waals surface area contributed by atoms with Gasteiger partial charge in [-0.15, -0.1) is 0 Å². The Balaban J connectivity index is 1.52. The van der Waals surface area contributed by atoms with E-state index in [1.54, 1.807) is 7.05 Å². The van der Waals surface area contributed by atoms with Crippen LogP contribution in [0.15, 0.2) is 28.4 Å². The molecule has 2 N–H and O–H groups in total. The van der Waals surface area contributed by atoms with Gasteiger partial charge in [0.05, 0.1) is 17.8 Å². The first kappa shape index (κ1) is 32.3. The molecule has 0 heterocycles. The number of carbonyl (C=O) groups is 2. The fraction of sp³-hybridized carbons (Fsp3) is 0.765. The number of Topliss-reactive ketones (excluding diaryl/α,β-unsaturated/α-hetero) is 1. The van der Waals surface area contributed by atoms with Crippen molar-refractivity contribution in [3.63, 3.8) is 0 Å². The molecule has 0 aromatic rings. The summed E-state index contributed by atoms with van der Waals surface area (Å²) in [6.45, 7) is 16.0. The quantitative estimate of drug-likeness (QED) is 0.140. The molecule has 0 aromatic carbocycles. The van der Waals surface area contributed by atoms with Crippen molar-refractivity contribution in [2.24, 2.45) is 49.9 Å². The van der Waals surface area contributed by atoms with Crippen LogP contribution < -0.4 is 10.6 Å². The smallest absolute Gasteiger partial charge is 0.268 e. The van der Waals surface area contributed by atoms with E-state index in [1.165, 1.54) is 0 Å². The van der Waals surface area contributed by atoms with Gasteiger partial charge < -0.3 is 15.4 Å². The number of nitrogens with zero attached hydrogens (tertiary/aromatic N) is 3. The number of ether oxygens (including phenoxy) is 1. The Morgan fingerprint density at radius 1 is 1.11 bits per heavy atom. The number of allylic oxidation sites excluding steroid dienone is 4. The third-order valence-corrected chi connectivity index (χ3v) is 13.0. The molecular weight excluding hydrogens is 558 g/mol. The number of ketones is 2. The average Bonchev–Trinajstić information content (AvgIpc) is 2.94. The lowest BCUT2D eigenvalue weighted by Crippen LogP contribution is -2.66. The van der Waals surface area contributed by atoms with E-state index in [9.17, 15) is 25.0 Å². The van der Waals surface area contributed by atoms with Crippen molar-refractivity contribution < 1.29 is 19.4 Å². The molecule has 3 fully saturated rings. The largest absolute Gasteiger partial charge is 0.373 e. The van der Waals surface area contributed by atoms with E-state index >= 15 is 0 Å². The minimum atomic E-state index is -0.742. The zero-order chi connectivity index (χ0) is 32.5. The number of nitriles is 1. The third kappa shape index (κ3) is 4.64. The van der Waals surface area contributed by atoms with Gasteiger partial charge in [-0.25, -0.2) is 10.1 Å². The van der Waals surface area contributed by atoms with E-state index in [-0.39, 0.29) is 57.1 Å². The number of hydrazone groups is 1. The normalized spacial score (nSPS) is 40.6. The summed E-state index contributed by atoms with van der Waals surface area (Å²) >= 11 is 0. The second-order valence-corrected chi connectivity index (χ2v) is 16.0. The molecule has 10 heteroatoms. The van der Waals surface area contributed by atoms with Gasteiger partial charge in [-0.05, 0) is 79.1 Å². The molecule has 240 valence electrons. The number of nitrogens with one attached hydrogen (secondary N) is 2. The van der Waals surface area contributed by atoms with E-state index in [1.807, 2.05) is 26.0 Å². The Hall–Kier alpha value is -3.06. The molecule has 7 atom stereocenters. The van der Waals surface area contributed by atoms with E-state index < -0.39 is 21.5 Å². The first-order valence-corrected chi connectivity index (χ1v) is 16.1. The summed E-state index contributed by atoms with van der Waals surface area (Å²) in [6.07, 6.45) is 9.98. The van der Waals surface area contributed by atoms with Gasteiger partial charge in [0.1, 0.15) is 11.2 Å². The molecule has 5 aliphatic carbocycles. The predicted molar refractivity (Wildman–Crippen MR) is 167 cm³/mol. The van der Waals surface area contributed by atoms with Gasteiger partial charge in [0.25, 0.3) is 5.96 Å². The maximum Gasteiger partial charge on any atom is 0.268 e. The molecule has 0 bridgehead atoms. The van der Waals surface area contributed by atoms with Gasteiger partial charge in [0.2, 0.25) is 0 Å². The number of hydrogen-bond acceptors (Lipinski definition) is 6. The fourth-order valence-electron chi connectivity index (χ4n) is 10.5. The van der Waals surface area contributed by atoms with E-state index in [2.05, 4.69) is 56.4 Å². The van der Waals surface area contributed by atoms with Crippen LogP contribution in [0.3, 0.4) is 0 Å². The summed E-state index contributed by atoms with van der Waals surface area (Å²) in [6, 6.07) is 2.18. The van der Waals surface area contributed by atoms with Crippen molar-refractivity contribution in [2.75, 3.05) is 20.2 Å². The Labute approximate surface area is 261 Å². The first-order valence-electron chi connectivity index (χ1n) is 16.1. The number of carbonyl (C=O) groups excluding carboxylic acids is 2. The molecule has 0 radical (unpaired) electrons. The van der Waals surface area contributed by atoms with Gasteiger partial charge in [0, 0.05) is 30.3 Å². The molecule has 5 aliphatic rings. The molecule has 44 heavy (non-hydrogen) atoms. The summed E-state index contributed by atoms with van der Waals surface area (Å²) in [4.78, 5) is 38.7. The second kappa shape index (κ2) is 10.5. The molecular formula is C34H49N5O5. The Morgan fingerprint density at radius 3 is 2.43 bits per heavy atom. The summed E-state index contributed by atoms with van der Waals surface area (Å²) in [5.41, 5.74) is -0.913. The summed E-state index contributed by atoms with van der Waals surface area (Å²) in [5, 5.41) is 29.0. The van der Waals surface area contributed by atoms with Gasteiger partial charge in [-0.3, -0.25) is 9.59 Å². The number of hydrogen-bond donors (Lipinski definition) is 2. The highest BCUT2D eigenvalue weighted by Gasteiger charge is 2.70. The number of nitro groups is 1. The van der Waals surface area contributed by atoms with Crippen LogP contribution in [0, 0.1) is 66.3 Å². The van der Waals surface area contributed by atoms with Crippen molar-refractivity contribution >= 4 is 17.5 Å². The molecule has 0 spiro atoms. The second-order valence-electron chi connectivity index (χ2n) is 16.0. The molecule has 0 saturated heterocycles. The highest BCUT2D eigenvalue weighted by atomic mass is 16.7. The standard InChI is InChI=1S/C34H49N5O5/c1-29(2)11-13-34(44-16-15-37-28(36-8)38-39(42)43)14-12-33(7)26(22(34)19-29)23(40)17-25-31(5)18-21(20-35)27(41)30(3,4)24(31)9-10-32(25,33)6/h17-18,22,24,26H,9-16,19H2,1-8H3,(H2,36,37,38)/t22-,24-,26-,31-,32+,33+,34-/m0/s1. The monoisotopic (exact) mass is 607 g/mol. The van der Waals surface area contributed by atoms with Crippen molar-refractivity contribution in [1.29, 1.82) is 5.26 Å². The zero-order valence-corrected chi connectivity index (χ0v) is 27.6. The summed E-state index contributed by atoms with van der Waals surface area (Å²) in [7, 11) is 1.57. The van der Waals surface area contributed by atoms with Crippen LogP contribution in [0.25, 0.3) is 0 Å². The lowest BCUT2D eigenvalue weighted by atomic mass is 9.35. The Morgan fingerprint density at radius 2 is 1.80 bits per heavy atom. The molecule has 0 amide bonds. The van der Waals surface area contributed by atoms with Gasteiger partial charge in [-0.2, -0.15) is 5.26 Å². The third-order valence-electron chi connectivity index (χ3n) is 13.0. The van der Waals surface area contributed by atoms with Crippen molar-refractivity contribution in [3.8, 4) is 6.07 Å². The minimum Gasteiger partial charge on any atom is -0.373 e. The highest BCUT2D eigenvalue weighted by molar-refractivity contribution is 6.04. The van der Waals surface area contributed by atoms with E-state index in [0.29, 0.717) is 13.2 Å². The van der Waals surface area contributed by atoms with Crippen molar-refractivity contribution in [3.05, 3.63) is 33.4 Å². The molecule has 0 aromatic heterocycles. The van der Waals surface area contributed by atoms with E-state index in [0.717, 1.165) is 50.5 Å². The molecule has 3 saturated carbocycles. The maximum absolute atomic E-state index is 14.6. The predicted octanol–water partition coefficient (Wildman–Crippen LogP) is 5.33. The topological polar surface area (TPSA) is 147 Å². The van der Waals surface area contributed by atoms with Crippen molar-refractivity contribution in [1.82, 2.24) is 10.6 Å². The van der Waals surface area contributed by atoms with Gasteiger partial charge in [-0.1, -0.05) is 60.1 Å². The van der Waals surface area contributed by atoms with Crippen LogP contribution in [-0.2, 0) is 14.3 Å². The number of guanidine groups is 1. The SMILES string of the molecule is CN/C(=N\[N+](=O)[O-])NCCO[C@]12CCC(C)(C)C[C@H]1[C@H]1C(=O)C=C3[C@@]4(C)C=C(C#N)C(=O)C(C)(C)[C@@H]4CC[C@@]3(C)[C@]1(C)CC2. The lowest BCUT2D eigenvalue weighted by Gasteiger charge is -2.69. The highest BCUT2D eigenvalue weighted by Crippen LogP contribution is 2.73. The van der Waals surface area contributed by atoms with Crippen molar-refractivity contribution in [2.45, 2.75) is 99.0 Å². The lowest BCUT2D eigenvalue weighted by molar-refractivity contribution is -0.485. The van der Waals surface area contributed by atoms with Crippen LogP contribution in [0.1, 0.15) is 93.4 Å². The molecule has 0 unspecified atom stereocenters. The Bertz CT molecular complexity index is 1410. The van der Waals surface area contributed by atoms with Crippen LogP contribution in [0.2, 0.25) is 0 Å². The molecule has 5 rings (SSSR count). The average molecular weight is 608 g/mol. The summed E-state index contributed by atoms with van der Waals surface area (Å²) in [5.74, 6) is -0.0366. The van der Waals surface area contributed by atoms with Crippen LogP contribution in [0.4, 0.5) is 0 Å². The summed E-state index contributed by atoms with van der Waals surface area (Å²) < 4.78 is 6.78. The zero-order valence-electron chi connectivity index (χ0n) is 27.6. The van der Waals surface area contributed by atoms with Crippen LogP contribution >= 0.6 is 0 Å². The van der Waals surface area contributed by atoms with Crippen LogP contribution in [-0.4, -0.2) is 48.4 Å². The minimum absolute atomic E-state index is 0.0142. The number of fused-ring (bicyclic) bond motifs is 7. The van der Waals surface area contributed by atoms with Gasteiger partial charge in [0.15, 0.2) is 16.6 Å². The Kier molecular flexibility index (Phi) is 7.72.